The number of H-pyrrole nitrogens is 1. The number of aromatic nitrogens is 3. The molecule has 1 aliphatic heterocycles. The van der Waals surface area contributed by atoms with Crippen LogP contribution in [-0.4, -0.2) is 40.8 Å². The molecular formula is C16H20N4O4. The van der Waals surface area contributed by atoms with E-state index in [1.165, 1.54) is 0 Å². The maximum Gasteiger partial charge on any atom is 0.309 e. The number of anilines is 1. The number of esters is 1. The summed E-state index contributed by atoms with van der Waals surface area (Å²) in [5.74, 6) is 0.868. The maximum absolute atomic E-state index is 12.2. The second kappa shape index (κ2) is 7.29. The first-order valence-electron chi connectivity index (χ1n) is 8.07. The van der Waals surface area contributed by atoms with Crippen LogP contribution < -0.4 is 10.5 Å². The molecule has 0 atom stereocenters. The first-order valence-corrected chi connectivity index (χ1v) is 8.07. The van der Waals surface area contributed by atoms with Gasteiger partial charge >= 0.3 is 5.97 Å². The molecule has 3 heterocycles. The van der Waals surface area contributed by atoms with E-state index in [-0.39, 0.29) is 17.4 Å². The highest BCUT2D eigenvalue weighted by molar-refractivity contribution is 5.72. The number of nitrogens with one attached hydrogen (secondary N) is 1. The van der Waals surface area contributed by atoms with Gasteiger partial charge in [-0.1, -0.05) is 0 Å². The first kappa shape index (κ1) is 16.2. The lowest BCUT2D eigenvalue weighted by molar-refractivity contribution is -0.148. The fourth-order valence-corrected chi connectivity index (χ4v) is 2.78. The highest BCUT2D eigenvalue weighted by atomic mass is 16.5. The predicted molar refractivity (Wildman–Crippen MR) is 85.7 cm³/mol. The lowest BCUT2D eigenvalue weighted by Crippen LogP contribution is -2.39. The Kier molecular flexibility index (Phi) is 4.93. The third-order valence-corrected chi connectivity index (χ3v) is 4.09. The molecule has 1 saturated heterocycles. The van der Waals surface area contributed by atoms with Crippen LogP contribution in [0.5, 0.6) is 0 Å². The Bertz CT molecular complexity index is 733. The third-order valence-electron chi connectivity index (χ3n) is 4.09. The van der Waals surface area contributed by atoms with Gasteiger partial charge in [0, 0.05) is 13.1 Å². The molecule has 0 aromatic carbocycles. The van der Waals surface area contributed by atoms with Crippen molar-refractivity contribution in [2.45, 2.75) is 26.2 Å². The van der Waals surface area contributed by atoms with E-state index in [0.29, 0.717) is 56.4 Å². The minimum atomic E-state index is -0.274. The minimum Gasteiger partial charge on any atom is -0.469 e. The zero-order chi connectivity index (χ0) is 16.9. The van der Waals surface area contributed by atoms with Crippen molar-refractivity contribution in [1.29, 1.82) is 0 Å². The van der Waals surface area contributed by atoms with E-state index in [9.17, 15) is 9.59 Å². The Balaban J connectivity index is 1.63. The number of piperidine rings is 1. The van der Waals surface area contributed by atoms with Crippen molar-refractivity contribution in [2.24, 2.45) is 5.92 Å². The molecule has 0 radical (unpaired) electrons. The van der Waals surface area contributed by atoms with Crippen molar-refractivity contribution in [1.82, 2.24) is 15.2 Å². The Morgan fingerprint density at radius 2 is 2.21 bits per heavy atom. The van der Waals surface area contributed by atoms with Gasteiger partial charge in [-0.05, 0) is 31.9 Å². The summed E-state index contributed by atoms with van der Waals surface area (Å²) in [7, 11) is 0. The van der Waals surface area contributed by atoms with Crippen molar-refractivity contribution in [2.75, 3.05) is 24.6 Å². The first-order chi connectivity index (χ1) is 11.7. The lowest BCUT2D eigenvalue weighted by Gasteiger charge is -2.30. The Morgan fingerprint density at radius 1 is 1.42 bits per heavy atom. The van der Waals surface area contributed by atoms with Gasteiger partial charge in [0.2, 0.25) is 5.95 Å². The largest absolute Gasteiger partial charge is 0.469 e. The van der Waals surface area contributed by atoms with Gasteiger partial charge in [0.25, 0.3) is 5.56 Å². The van der Waals surface area contributed by atoms with Crippen LogP contribution in [0.3, 0.4) is 0 Å². The Morgan fingerprint density at radius 3 is 2.83 bits per heavy atom. The summed E-state index contributed by atoms with van der Waals surface area (Å²) in [6, 6.07) is 3.55. The number of hydrogen-bond donors (Lipinski definition) is 1. The van der Waals surface area contributed by atoms with Crippen LogP contribution in [0.2, 0.25) is 0 Å². The van der Waals surface area contributed by atoms with Crippen LogP contribution >= 0.6 is 0 Å². The summed E-state index contributed by atoms with van der Waals surface area (Å²) in [6.07, 6.45) is 3.22. The van der Waals surface area contributed by atoms with E-state index in [2.05, 4.69) is 15.2 Å². The molecule has 24 heavy (non-hydrogen) atoms. The highest BCUT2D eigenvalue weighted by Crippen LogP contribution is 2.21. The number of hydrogen-bond acceptors (Lipinski definition) is 7. The molecule has 128 valence electrons. The molecule has 1 N–H and O–H groups in total. The van der Waals surface area contributed by atoms with Gasteiger partial charge in [0.05, 0.1) is 25.2 Å². The topological polar surface area (TPSA) is 101 Å². The summed E-state index contributed by atoms with van der Waals surface area (Å²) in [5.41, 5.74) is 0.0408. The average Bonchev–Trinajstić information content (AvgIpc) is 3.10. The van der Waals surface area contributed by atoms with E-state index >= 15 is 0 Å². The van der Waals surface area contributed by atoms with Gasteiger partial charge in [-0.25, -0.2) is 0 Å². The summed E-state index contributed by atoms with van der Waals surface area (Å²) in [4.78, 5) is 28.6. The SMILES string of the molecule is CCOC(=O)C1CCN(c2nnc(Cc3ccco3)c(=O)[nH]2)CC1. The molecule has 8 nitrogen and oxygen atoms in total. The van der Waals surface area contributed by atoms with Gasteiger partial charge in [-0.3, -0.25) is 14.6 Å². The van der Waals surface area contributed by atoms with E-state index in [1.807, 2.05) is 4.90 Å². The van der Waals surface area contributed by atoms with E-state index in [1.54, 1.807) is 25.3 Å². The second-order valence-corrected chi connectivity index (χ2v) is 5.69. The van der Waals surface area contributed by atoms with Crippen LogP contribution in [0.1, 0.15) is 31.2 Å². The lowest BCUT2D eigenvalue weighted by atomic mass is 9.97. The van der Waals surface area contributed by atoms with E-state index < -0.39 is 0 Å². The molecule has 0 spiro atoms. The van der Waals surface area contributed by atoms with Crippen molar-refractivity contribution in [3.05, 3.63) is 40.2 Å². The summed E-state index contributed by atoms with van der Waals surface area (Å²) in [5, 5.41) is 8.14. The summed E-state index contributed by atoms with van der Waals surface area (Å²) < 4.78 is 10.3. The predicted octanol–water partition coefficient (Wildman–Crippen LogP) is 1.13. The van der Waals surface area contributed by atoms with Crippen LogP contribution in [-0.2, 0) is 16.0 Å². The van der Waals surface area contributed by atoms with Gasteiger partial charge in [-0.2, -0.15) is 0 Å². The van der Waals surface area contributed by atoms with E-state index in [4.69, 9.17) is 9.15 Å². The van der Waals surface area contributed by atoms with Crippen molar-refractivity contribution >= 4 is 11.9 Å². The number of aromatic amines is 1. The number of nitrogens with zero attached hydrogens (tertiary/aromatic N) is 3. The second-order valence-electron chi connectivity index (χ2n) is 5.69. The van der Waals surface area contributed by atoms with Crippen molar-refractivity contribution in [3.8, 4) is 0 Å². The Hall–Kier alpha value is -2.64. The van der Waals surface area contributed by atoms with Gasteiger partial charge in [0.15, 0.2) is 0 Å². The molecule has 1 aliphatic rings. The zero-order valence-electron chi connectivity index (χ0n) is 13.5. The summed E-state index contributed by atoms with van der Waals surface area (Å²) >= 11 is 0. The fourth-order valence-electron chi connectivity index (χ4n) is 2.78. The quantitative estimate of drug-likeness (QED) is 0.819. The molecule has 0 aliphatic carbocycles. The molecule has 8 heteroatoms. The van der Waals surface area contributed by atoms with Gasteiger partial charge in [-0.15, -0.1) is 10.2 Å². The van der Waals surface area contributed by atoms with Crippen LogP contribution in [0.15, 0.2) is 27.6 Å². The van der Waals surface area contributed by atoms with Crippen LogP contribution in [0.25, 0.3) is 0 Å². The van der Waals surface area contributed by atoms with Crippen molar-refractivity contribution < 1.29 is 13.9 Å². The molecule has 2 aromatic rings. The van der Waals surface area contributed by atoms with Gasteiger partial charge < -0.3 is 14.1 Å². The molecule has 0 amide bonds. The van der Waals surface area contributed by atoms with Crippen LogP contribution in [0.4, 0.5) is 5.95 Å². The van der Waals surface area contributed by atoms with Crippen molar-refractivity contribution in [3.63, 3.8) is 0 Å². The third kappa shape index (κ3) is 3.64. The van der Waals surface area contributed by atoms with Crippen LogP contribution in [0, 0.1) is 5.92 Å². The fraction of sp³-hybridized carbons (Fsp3) is 0.500. The molecule has 0 saturated carbocycles. The standard InChI is InChI=1S/C16H20N4O4/c1-2-23-15(22)11-5-7-20(8-6-11)16-17-14(21)13(18-19-16)10-12-4-3-9-24-12/h3-4,9,11H,2,5-8,10H2,1H3,(H,17,19,21). The number of furan rings is 1. The highest BCUT2D eigenvalue weighted by Gasteiger charge is 2.27. The molecule has 2 aromatic heterocycles. The molecule has 0 unspecified atom stereocenters. The Labute approximate surface area is 138 Å². The monoisotopic (exact) mass is 332 g/mol. The minimum absolute atomic E-state index is 0.0842. The average molecular weight is 332 g/mol. The molecule has 1 fully saturated rings. The number of ether oxygens (including phenoxy) is 1. The molecule has 0 bridgehead atoms. The number of rotatable bonds is 5. The normalized spacial score (nSPS) is 15.5. The smallest absolute Gasteiger partial charge is 0.309 e. The molecule has 3 rings (SSSR count). The summed E-state index contributed by atoms with van der Waals surface area (Å²) in [6.45, 7) is 3.46. The number of carbonyl (C=O) groups excluding carboxylic acids is 1. The van der Waals surface area contributed by atoms with E-state index in [0.717, 1.165) is 0 Å². The molecular weight excluding hydrogens is 312 g/mol. The number of carbonyl (C=O) groups is 1. The zero-order valence-corrected chi connectivity index (χ0v) is 13.5. The maximum atomic E-state index is 12.2. The van der Waals surface area contributed by atoms with Gasteiger partial charge in [0.1, 0.15) is 11.5 Å².